The van der Waals surface area contributed by atoms with Crippen LogP contribution in [0.25, 0.3) is 0 Å². The van der Waals surface area contributed by atoms with Crippen molar-refractivity contribution in [2.75, 3.05) is 14.2 Å². The van der Waals surface area contributed by atoms with Crippen LogP contribution in [0.2, 0.25) is 0 Å². The minimum absolute atomic E-state index is 0.0687. The van der Waals surface area contributed by atoms with E-state index in [4.69, 9.17) is 9.47 Å². The van der Waals surface area contributed by atoms with Crippen LogP contribution < -0.4 is 14.8 Å². The van der Waals surface area contributed by atoms with Crippen LogP contribution in [-0.2, 0) is 29.1 Å². The lowest BCUT2D eigenvalue weighted by Crippen LogP contribution is -2.44. The van der Waals surface area contributed by atoms with Gasteiger partial charge in [0.2, 0.25) is 11.8 Å². The summed E-state index contributed by atoms with van der Waals surface area (Å²) in [6.07, 6.45) is 0.0687. The van der Waals surface area contributed by atoms with Crippen molar-refractivity contribution >= 4 is 50.3 Å². The van der Waals surface area contributed by atoms with Gasteiger partial charge in [0.05, 0.1) is 20.6 Å². The molecule has 0 spiro atoms. The van der Waals surface area contributed by atoms with Gasteiger partial charge in [-0.1, -0.05) is 76.6 Å². The number of carbonyl (C=O) groups excluding carboxylic acids is 2. The molecule has 40 heavy (non-hydrogen) atoms. The van der Waals surface area contributed by atoms with Crippen LogP contribution in [0.15, 0.2) is 102 Å². The topological polar surface area (TPSA) is 67.9 Å². The highest BCUT2D eigenvalue weighted by Gasteiger charge is 2.33. The molecule has 0 aliphatic carbocycles. The number of rotatable bonds is 11. The molecule has 0 heterocycles. The fourth-order valence-electron chi connectivity index (χ4n) is 4.43. The number of amides is 2. The van der Waals surface area contributed by atoms with Gasteiger partial charge in [-0.3, -0.25) is 9.59 Å². The molecular weight excluding hydrogens is 683 g/mol. The molecule has 0 bridgehead atoms. The molecule has 0 radical (unpaired) electrons. The Hall–Kier alpha value is -3.37. The summed E-state index contributed by atoms with van der Waals surface area (Å²) in [4.78, 5) is 29.8. The number of halogens is 2. The van der Waals surface area contributed by atoms with E-state index in [0.29, 0.717) is 18.0 Å². The molecule has 4 aromatic rings. The van der Waals surface area contributed by atoms with E-state index in [-0.39, 0.29) is 24.8 Å². The highest BCUT2D eigenvalue weighted by Crippen LogP contribution is 2.30. The van der Waals surface area contributed by atoms with Gasteiger partial charge in [-0.15, -0.1) is 0 Å². The number of nitrogens with one attached hydrogen (secondary N) is 1. The Bertz CT molecular complexity index is 1440. The summed E-state index contributed by atoms with van der Waals surface area (Å²) < 4.78 is 12.7. The Morgan fingerprint density at radius 1 is 0.825 bits per heavy atom. The van der Waals surface area contributed by atoms with Crippen molar-refractivity contribution in [3.8, 4) is 11.5 Å². The van der Waals surface area contributed by atoms with E-state index in [1.54, 1.807) is 25.2 Å². The molecule has 0 aromatic heterocycles. The Morgan fingerprint density at radius 2 is 1.48 bits per heavy atom. The van der Waals surface area contributed by atoms with Crippen LogP contribution >= 0.6 is 38.5 Å². The lowest BCUT2D eigenvalue weighted by Gasteiger charge is -2.32. The van der Waals surface area contributed by atoms with Crippen molar-refractivity contribution in [1.82, 2.24) is 10.2 Å². The highest BCUT2D eigenvalue weighted by molar-refractivity contribution is 14.1. The molecule has 1 atom stereocenters. The Morgan fingerprint density at radius 3 is 2.12 bits per heavy atom. The van der Waals surface area contributed by atoms with Gasteiger partial charge >= 0.3 is 0 Å². The molecule has 0 saturated heterocycles. The largest absolute Gasteiger partial charge is 0.497 e. The SMILES string of the molecule is COc1cc(CC(=O)N(Cc2ccccc2)C(C(=O)NCc2cccc(Br)c2)c2ccccc2I)cc(OC)c1. The smallest absolute Gasteiger partial charge is 0.247 e. The molecule has 8 heteroatoms. The molecule has 4 rings (SSSR count). The quantitative estimate of drug-likeness (QED) is 0.176. The van der Waals surface area contributed by atoms with Gasteiger partial charge in [0.1, 0.15) is 17.5 Å². The van der Waals surface area contributed by atoms with Crippen LogP contribution in [0.1, 0.15) is 28.3 Å². The number of carbonyl (C=O) groups is 2. The first kappa shape index (κ1) is 29.6. The van der Waals surface area contributed by atoms with Crippen LogP contribution in [-0.4, -0.2) is 30.9 Å². The molecular formula is C32H30BrIN2O4. The average Bonchev–Trinajstić information content (AvgIpc) is 2.97. The first-order valence-electron chi connectivity index (χ1n) is 12.7. The second-order valence-corrected chi connectivity index (χ2v) is 11.3. The summed E-state index contributed by atoms with van der Waals surface area (Å²) in [5.74, 6) is 0.744. The molecule has 0 aliphatic heterocycles. The van der Waals surface area contributed by atoms with Gasteiger partial charge in [-0.25, -0.2) is 0 Å². The minimum atomic E-state index is -0.847. The predicted octanol–water partition coefficient (Wildman–Crippen LogP) is 6.70. The zero-order valence-corrected chi connectivity index (χ0v) is 26.0. The first-order valence-corrected chi connectivity index (χ1v) is 14.6. The van der Waals surface area contributed by atoms with Gasteiger partial charge in [-0.05, 0) is 75.2 Å². The third-order valence-electron chi connectivity index (χ3n) is 6.40. The average molecular weight is 713 g/mol. The number of benzene rings is 4. The zero-order chi connectivity index (χ0) is 28.5. The predicted molar refractivity (Wildman–Crippen MR) is 168 cm³/mol. The number of hydrogen-bond donors (Lipinski definition) is 1. The van der Waals surface area contributed by atoms with E-state index in [0.717, 1.165) is 30.3 Å². The minimum Gasteiger partial charge on any atom is -0.497 e. The van der Waals surface area contributed by atoms with E-state index in [9.17, 15) is 9.59 Å². The van der Waals surface area contributed by atoms with Gasteiger partial charge in [-0.2, -0.15) is 0 Å². The Balaban J connectivity index is 1.72. The van der Waals surface area contributed by atoms with E-state index < -0.39 is 6.04 Å². The van der Waals surface area contributed by atoms with Crippen molar-refractivity contribution in [2.24, 2.45) is 0 Å². The lowest BCUT2D eigenvalue weighted by atomic mass is 10.0. The van der Waals surface area contributed by atoms with Gasteiger partial charge in [0, 0.05) is 27.2 Å². The molecule has 1 unspecified atom stereocenters. The summed E-state index contributed by atoms with van der Waals surface area (Å²) in [5, 5.41) is 3.08. The second kappa shape index (κ2) is 14.3. The maximum atomic E-state index is 14.1. The normalized spacial score (nSPS) is 11.4. The summed E-state index contributed by atoms with van der Waals surface area (Å²) in [6.45, 7) is 0.597. The van der Waals surface area contributed by atoms with E-state index in [1.807, 2.05) is 91.0 Å². The number of methoxy groups -OCH3 is 2. The Labute approximate surface area is 257 Å². The van der Waals surface area contributed by atoms with Crippen LogP contribution in [0, 0.1) is 3.57 Å². The summed E-state index contributed by atoms with van der Waals surface area (Å²) in [6, 6.07) is 29.7. The van der Waals surface area contributed by atoms with Crippen molar-refractivity contribution in [1.29, 1.82) is 0 Å². The van der Waals surface area contributed by atoms with E-state index in [2.05, 4.69) is 43.8 Å². The van der Waals surface area contributed by atoms with Crippen LogP contribution in [0.4, 0.5) is 0 Å². The first-order chi connectivity index (χ1) is 19.4. The van der Waals surface area contributed by atoms with E-state index >= 15 is 0 Å². The Kier molecular flexibility index (Phi) is 10.6. The monoisotopic (exact) mass is 712 g/mol. The highest BCUT2D eigenvalue weighted by atomic mass is 127. The number of hydrogen-bond acceptors (Lipinski definition) is 4. The van der Waals surface area contributed by atoms with Gasteiger partial charge in [0.25, 0.3) is 0 Å². The van der Waals surface area contributed by atoms with Crippen molar-refractivity contribution in [2.45, 2.75) is 25.6 Å². The standard InChI is InChI=1S/C32H30BrIN2O4/c1-39-26-16-24(17-27(19-26)40-2)18-30(37)36(21-22-9-4-3-5-10-22)31(28-13-6-7-14-29(28)34)32(38)35-20-23-11-8-12-25(33)15-23/h3-17,19,31H,18,20-21H2,1-2H3,(H,35,38). The fraction of sp³-hybridized carbons (Fsp3) is 0.188. The summed E-state index contributed by atoms with van der Waals surface area (Å²) in [5.41, 5.74) is 3.38. The molecule has 4 aromatic carbocycles. The summed E-state index contributed by atoms with van der Waals surface area (Å²) in [7, 11) is 3.15. The number of ether oxygens (including phenoxy) is 2. The third kappa shape index (κ3) is 7.85. The molecule has 6 nitrogen and oxygen atoms in total. The molecule has 0 saturated carbocycles. The lowest BCUT2D eigenvalue weighted by molar-refractivity contribution is -0.141. The third-order valence-corrected chi connectivity index (χ3v) is 7.87. The van der Waals surface area contributed by atoms with Gasteiger partial charge in [0.15, 0.2) is 0 Å². The molecule has 0 aliphatic rings. The van der Waals surface area contributed by atoms with Crippen LogP contribution in [0.5, 0.6) is 11.5 Å². The van der Waals surface area contributed by atoms with Crippen molar-refractivity contribution in [3.63, 3.8) is 0 Å². The zero-order valence-electron chi connectivity index (χ0n) is 22.3. The second-order valence-electron chi connectivity index (χ2n) is 9.18. The molecule has 0 fully saturated rings. The van der Waals surface area contributed by atoms with Crippen molar-refractivity contribution < 1.29 is 19.1 Å². The molecule has 206 valence electrons. The number of nitrogens with zero attached hydrogens (tertiary/aromatic N) is 1. The van der Waals surface area contributed by atoms with Crippen LogP contribution in [0.3, 0.4) is 0 Å². The van der Waals surface area contributed by atoms with Crippen molar-refractivity contribution in [3.05, 3.63) is 127 Å². The molecule has 1 N–H and O–H groups in total. The fourth-order valence-corrected chi connectivity index (χ4v) is 5.56. The maximum absolute atomic E-state index is 14.1. The molecule has 2 amide bonds. The summed E-state index contributed by atoms with van der Waals surface area (Å²) >= 11 is 5.72. The van der Waals surface area contributed by atoms with E-state index in [1.165, 1.54) is 0 Å². The van der Waals surface area contributed by atoms with Gasteiger partial charge < -0.3 is 19.7 Å². The maximum Gasteiger partial charge on any atom is 0.247 e.